The molecule has 0 amide bonds. The maximum absolute atomic E-state index is 2.65. The first-order valence-corrected chi connectivity index (χ1v) is 8.39. The van der Waals surface area contributed by atoms with E-state index in [4.69, 9.17) is 0 Å². The SMILES string of the molecule is CCCCCCCN([SiH3])CCCCCCC. The summed E-state index contributed by atoms with van der Waals surface area (Å²) < 4.78 is 2.65. The topological polar surface area (TPSA) is 3.24 Å². The molecule has 0 aliphatic carbocycles. The molecule has 0 saturated heterocycles. The summed E-state index contributed by atoms with van der Waals surface area (Å²) in [6, 6.07) is 0. The molecule has 0 atom stereocenters. The van der Waals surface area contributed by atoms with Crippen molar-refractivity contribution in [2.24, 2.45) is 0 Å². The quantitative estimate of drug-likeness (QED) is 0.374. The zero-order chi connectivity index (χ0) is 12.1. The molecule has 0 aliphatic rings. The van der Waals surface area contributed by atoms with Crippen molar-refractivity contribution in [1.29, 1.82) is 0 Å². The molecular formula is C14H33NSi. The summed E-state index contributed by atoms with van der Waals surface area (Å²) >= 11 is 0. The largest absolute Gasteiger partial charge is 0.332 e. The van der Waals surface area contributed by atoms with Gasteiger partial charge in [-0.3, -0.25) is 0 Å². The Bertz CT molecular complexity index is 114. The lowest BCUT2D eigenvalue weighted by atomic mass is 10.1. The van der Waals surface area contributed by atoms with Gasteiger partial charge in [-0.1, -0.05) is 65.2 Å². The Kier molecular flexibility index (Phi) is 13.4. The Morgan fingerprint density at radius 1 is 0.625 bits per heavy atom. The summed E-state index contributed by atoms with van der Waals surface area (Å²) in [6.45, 7) is 7.30. The van der Waals surface area contributed by atoms with Crippen molar-refractivity contribution in [3.8, 4) is 0 Å². The summed E-state index contributed by atoms with van der Waals surface area (Å²) in [5.74, 6) is 0. The lowest BCUT2D eigenvalue weighted by Crippen LogP contribution is -2.22. The Morgan fingerprint density at radius 3 is 1.38 bits per heavy atom. The van der Waals surface area contributed by atoms with E-state index in [1.54, 1.807) is 0 Å². The van der Waals surface area contributed by atoms with Gasteiger partial charge >= 0.3 is 0 Å². The van der Waals surface area contributed by atoms with Crippen LogP contribution >= 0.6 is 0 Å². The Labute approximate surface area is 106 Å². The number of hydrogen-bond acceptors (Lipinski definition) is 1. The molecule has 0 aromatic heterocycles. The van der Waals surface area contributed by atoms with Crippen LogP contribution in [0.5, 0.6) is 0 Å². The molecule has 0 heterocycles. The molecule has 0 unspecified atom stereocenters. The van der Waals surface area contributed by atoms with Crippen molar-refractivity contribution in [2.45, 2.75) is 78.1 Å². The molecule has 0 aromatic carbocycles. The third kappa shape index (κ3) is 12.2. The van der Waals surface area contributed by atoms with E-state index < -0.39 is 0 Å². The number of hydrogen-bond donors (Lipinski definition) is 0. The van der Waals surface area contributed by atoms with Crippen LogP contribution in [0.4, 0.5) is 0 Å². The fraction of sp³-hybridized carbons (Fsp3) is 1.00. The van der Waals surface area contributed by atoms with Crippen LogP contribution in [0.15, 0.2) is 0 Å². The summed E-state index contributed by atoms with van der Waals surface area (Å²) in [6.07, 6.45) is 14.2. The highest BCUT2D eigenvalue weighted by molar-refractivity contribution is 6.04. The number of nitrogens with zero attached hydrogens (tertiary/aromatic N) is 1. The zero-order valence-electron chi connectivity index (χ0n) is 11.9. The van der Waals surface area contributed by atoms with Crippen molar-refractivity contribution in [1.82, 2.24) is 4.57 Å². The molecule has 0 spiro atoms. The van der Waals surface area contributed by atoms with Gasteiger partial charge < -0.3 is 4.57 Å². The molecule has 98 valence electrons. The van der Waals surface area contributed by atoms with E-state index in [-0.39, 0.29) is 0 Å². The van der Waals surface area contributed by atoms with E-state index in [1.165, 1.54) is 87.7 Å². The third-order valence-electron chi connectivity index (χ3n) is 3.29. The molecule has 16 heavy (non-hydrogen) atoms. The van der Waals surface area contributed by atoms with E-state index in [9.17, 15) is 0 Å². The predicted octanol–water partition coefficient (Wildman–Crippen LogP) is 3.51. The van der Waals surface area contributed by atoms with Crippen LogP contribution in [0, 0.1) is 0 Å². The van der Waals surface area contributed by atoms with Crippen LogP contribution < -0.4 is 0 Å². The van der Waals surface area contributed by atoms with Gasteiger partial charge in [-0.05, 0) is 25.9 Å². The van der Waals surface area contributed by atoms with Gasteiger partial charge in [-0.25, -0.2) is 0 Å². The second-order valence-corrected chi connectivity index (χ2v) is 6.40. The van der Waals surface area contributed by atoms with Crippen molar-refractivity contribution in [3.05, 3.63) is 0 Å². The second-order valence-electron chi connectivity index (χ2n) is 5.13. The number of rotatable bonds is 12. The molecule has 0 fully saturated rings. The van der Waals surface area contributed by atoms with Crippen LogP contribution in [0.25, 0.3) is 0 Å². The first-order valence-electron chi connectivity index (χ1n) is 7.49. The molecule has 0 radical (unpaired) electrons. The lowest BCUT2D eigenvalue weighted by molar-refractivity contribution is 0.412. The van der Waals surface area contributed by atoms with Gasteiger partial charge in [-0.2, -0.15) is 0 Å². The monoisotopic (exact) mass is 243 g/mol. The third-order valence-corrected chi connectivity index (χ3v) is 4.18. The van der Waals surface area contributed by atoms with Crippen LogP contribution in [0.3, 0.4) is 0 Å². The van der Waals surface area contributed by atoms with E-state index in [2.05, 4.69) is 18.4 Å². The van der Waals surface area contributed by atoms with Gasteiger partial charge in [-0.15, -0.1) is 0 Å². The van der Waals surface area contributed by atoms with Crippen molar-refractivity contribution >= 4 is 10.4 Å². The summed E-state index contributed by atoms with van der Waals surface area (Å²) in [5, 5.41) is 0. The molecule has 0 N–H and O–H groups in total. The minimum absolute atomic E-state index is 1.26. The molecule has 1 nitrogen and oxygen atoms in total. The fourth-order valence-corrected chi connectivity index (χ4v) is 2.71. The maximum Gasteiger partial charge on any atom is 0.0784 e. The van der Waals surface area contributed by atoms with Crippen molar-refractivity contribution < 1.29 is 0 Å². The molecule has 0 rings (SSSR count). The van der Waals surface area contributed by atoms with E-state index in [1.807, 2.05) is 0 Å². The minimum Gasteiger partial charge on any atom is -0.332 e. The van der Waals surface area contributed by atoms with Gasteiger partial charge in [0.05, 0.1) is 10.4 Å². The van der Waals surface area contributed by atoms with Gasteiger partial charge in [0.15, 0.2) is 0 Å². The van der Waals surface area contributed by atoms with E-state index in [0.29, 0.717) is 0 Å². The molecule has 0 saturated carbocycles. The maximum atomic E-state index is 2.65. The normalized spacial score (nSPS) is 11.4. The summed E-state index contributed by atoms with van der Waals surface area (Å²) in [5.41, 5.74) is 0. The highest BCUT2D eigenvalue weighted by atomic mass is 28.2. The van der Waals surface area contributed by atoms with Crippen molar-refractivity contribution in [3.63, 3.8) is 0 Å². The Morgan fingerprint density at radius 2 is 1.00 bits per heavy atom. The van der Waals surface area contributed by atoms with E-state index in [0.717, 1.165) is 0 Å². The fourth-order valence-electron chi connectivity index (χ4n) is 2.08. The van der Waals surface area contributed by atoms with Crippen LogP contribution in [0.2, 0.25) is 0 Å². The smallest absolute Gasteiger partial charge is 0.0784 e. The first-order chi connectivity index (χ1) is 7.81. The van der Waals surface area contributed by atoms with E-state index >= 15 is 0 Å². The highest BCUT2D eigenvalue weighted by Crippen LogP contribution is 2.05. The first kappa shape index (κ1) is 16.2. The van der Waals surface area contributed by atoms with Gasteiger partial charge in [0.1, 0.15) is 0 Å². The number of unbranched alkanes of at least 4 members (excludes halogenated alkanes) is 8. The molecule has 0 bridgehead atoms. The van der Waals surface area contributed by atoms with Gasteiger partial charge in [0.2, 0.25) is 0 Å². The van der Waals surface area contributed by atoms with Crippen molar-refractivity contribution in [2.75, 3.05) is 13.1 Å². The average Bonchev–Trinajstić information content (AvgIpc) is 2.28. The highest BCUT2D eigenvalue weighted by Gasteiger charge is 1.97. The summed E-state index contributed by atoms with van der Waals surface area (Å²) in [7, 11) is 1.26. The Balaban J connectivity index is 3.09. The van der Waals surface area contributed by atoms with Crippen LogP contribution in [0.1, 0.15) is 78.1 Å². The second kappa shape index (κ2) is 13.2. The lowest BCUT2D eigenvalue weighted by Gasteiger charge is -2.16. The van der Waals surface area contributed by atoms with Gasteiger partial charge in [0.25, 0.3) is 0 Å². The van der Waals surface area contributed by atoms with Crippen LogP contribution in [-0.4, -0.2) is 28.1 Å². The predicted molar refractivity (Wildman–Crippen MR) is 79.0 cm³/mol. The molecular weight excluding hydrogens is 210 g/mol. The molecule has 0 aromatic rings. The average molecular weight is 244 g/mol. The minimum atomic E-state index is 1.26. The zero-order valence-corrected chi connectivity index (χ0v) is 13.9. The molecule has 2 heteroatoms. The molecule has 0 aliphatic heterocycles. The standard InChI is InChI=1S/C14H33NSi/c1-3-5-7-9-11-13-15(16)14-12-10-8-6-4-2/h3-14H2,1-2,16H3. The van der Waals surface area contributed by atoms with Gasteiger partial charge in [0, 0.05) is 0 Å². The van der Waals surface area contributed by atoms with Crippen LogP contribution in [-0.2, 0) is 0 Å². The Hall–Kier alpha value is 0.177. The summed E-state index contributed by atoms with van der Waals surface area (Å²) in [4.78, 5) is 0.